The zero-order valence-corrected chi connectivity index (χ0v) is 15.8. The zero-order valence-electron chi connectivity index (χ0n) is 15.0. The summed E-state index contributed by atoms with van der Waals surface area (Å²) in [5, 5.41) is 4.24. The molecule has 1 fully saturated rings. The maximum Gasteiger partial charge on any atom is 0.212 e. The van der Waals surface area contributed by atoms with E-state index in [-0.39, 0.29) is 24.4 Å². The van der Waals surface area contributed by atoms with Gasteiger partial charge in [-0.2, -0.15) is 5.10 Å². The number of morpholine rings is 1. The van der Waals surface area contributed by atoms with Crippen molar-refractivity contribution in [3.8, 4) is 0 Å². The Morgan fingerprint density at radius 1 is 1.46 bits per heavy atom. The largest absolute Gasteiger partial charge is 0.373 e. The molecule has 0 bridgehead atoms. The van der Waals surface area contributed by atoms with Gasteiger partial charge in [-0.15, -0.1) is 0 Å². The third-order valence-corrected chi connectivity index (χ3v) is 5.66. The van der Waals surface area contributed by atoms with E-state index < -0.39 is 10.0 Å². The molecule has 0 amide bonds. The minimum Gasteiger partial charge on any atom is -0.373 e. The lowest BCUT2D eigenvalue weighted by Crippen LogP contribution is -2.50. The minimum absolute atomic E-state index is 0.00667. The van der Waals surface area contributed by atoms with E-state index >= 15 is 0 Å². The van der Waals surface area contributed by atoms with Gasteiger partial charge in [0.25, 0.3) is 0 Å². The number of nitrogens with one attached hydrogen (secondary N) is 1. The van der Waals surface area contributed by atoms with Crippen LogP contribution in [0.5, 0.6) is 0 Å². The van der Waals surface area contributed by atoms with Crippen molar-refractivity contribution in [1.82, 2.24) is 24.3 Å². The van der Waals surface area contributed by atoms with E-state index in [0.717, 1.165) is 18.8 Å². The molecule has 0 aliphatic carbocycles. The molecule has 138 valence electrons. The highest BCUT2D eigenvalue weighted by Crippen LogP contribution is 2.28. The zero-order chi connectivity index (χ0) is 17.7. The summed E-state index contributed by atoms with van der Waals surface area (Å²) in [6.07, 6.45) is 1.53. The first kappa shape index (κ1) is 19.3. The smallest absolute Gasteiger partial charge is 0.212 e. The molecule has 2 heterocycles. The number of aromatic nitrogens is 2. The van der Waals surface area contributed by atoms with E-state index in [2.05, 4.69) is 21.6 Å². The Morgan fingerprint density at radius 3 is 2.79 bits per heavy atom. The summed E-state index contributed by atoms with van der Waals surface area (Å²) in [4.78, 5) is 4.16. The van der Waals surface area contributed by atoms with Gasteiger partial charge in [0.1, 0.15) is 0 Å². The van der Waals surface area contributed by atoms with Crippen molar-refractivity contribution >= 4 is 10.0 Å². The fourth-order valence-corrected chi connectivity index (χ4v) is 4.12. The number of aryl methyl sites for hydroxylation is 1. The summed E-state index contributed by atoms with van der Waals surface area (Å²) in [6.45, 7) is 5.17. The van der Waals surface area contributed by atoms with E-state index in [1.807, 2.05) is 36.8 Å². The average Bonchev–Trinajstić information content (AvgIpc) is 2.96. The molecule has 0 unspecified atom stereocenters. The monoisotopic (exact) mass is 359 g/mol. The molecule has 8 nitrogen and oxygen atoms in total. The van der Waals surface area contributed by atoms with E-state index in [1.165, 1.54) is 0 Å². The standard InChI is InChI=1S/C15H29N5O3S/c1-5-20-8-10-23-14(15(20)13-6-7-16-19(13)4)12-17-24(21,22)11-9-18(2)3/h6-7,14-15,17H,5,8-12H2,1-4H3/t14-,15-/m0/s1. The van der Waals surface area contributed by atoms with Crippen LogP contribution >= 0.6 is 0 Å². The van der Waals surface area contributed by atoms with Gasteiger partial charge in [-0.1, -0.05) is 6.92 Å². The number of nitrogens with zero attached hydrogens (tertiary/aromatic N) is 4. The summed E-state index contributed by atoms with van der Waals surface area (Å²) >= 11 is 0. The number of rotatable bonds is 8. The fourth-order valence-electron chi connectivity index (χ4n) is 2.95. The Morgan fingerprint density at radius 2 is 2.21 bits per heavy atom. The summed E-state index contributed by atoms with van der Waals surface area (Å²) in [6, 6.07) is 1.96. The molecule has 1 saturated heterocycles. The van der Waals surface area contributed by atoms with Crippen molar-refractivity contribution in [3.05, 3.63) is 18.0 Å². The lowest BCUT2D eigenvalue weighted by atomic mass is 10.0. The fraction of sp³-hybridized carbons (Fsp3) is 0.800. The Balaban J connectivity index is 2.07. The molecule has 1 aliphatic heterocycles. The van der Waals surface area contributed by atoms with Crippen molar-refractivity contribution in [2.24, 2.45) is 7.05 Å². The molecule has 24 heavy (non-hydrogen) atoms. The molecule has 0 saturated carbocycles. The predicted molar refractivity (Wildman–Crippen MR) is 93.3 cm³/mol. The Bertz CT molecular complexity index is 616. The minimum atomic E-state index is -3.32. The molecule has 1 aromatic heterocycles. The molecule has 0 radical (unpaired) electrons. The second-order valence-electron chi connectivity index (χ2n) is 6.33. The molecular weight excluding hydrogens is 330 g/mol. The topological polar surface area (TPSA) is 79.7 Å². The first-order chi connectivity index (χ1) is 11.3. The third kappa shape index (κ3) is 5.00. The normalized spacial score (nSPS) is 23.0. The molecule has 1 aromatic rings. The van der Waals surface area contributed by atoms with Crippen LogP contribution in [0.4, 0.5) is 0 Å². The van der Waals surface area contributed by atoms with E-state index in [4.69, 9.17) is 4.74 Å². The third-order valence-electron chi connectivity index (χ3n) is 4.34. The Labute approximate surface area is 144 Å². The highest BCUT2D eigenvalue weighted by molar-refractivity contribution is 7.89. The number of sulfonamides is 1. The van der Waals surface area contributed by atoms with Gasteiger partial charge >= 0.3 is 0 Å². The first-order valence-electron chi connectivity index (χ1n) is 8.29. The van der Waals surface area contributed by atoms with Gasteiger partial charge in [0, 0.05) is 32.9 Å². The van der Waals surface area contributed by atoms with Gasteiger partial charge in [0.15, 0.2) is 0 Å². The van der Waals surface area contributed by atoms with Crippen LogP contribution in [0.1, 0.15) is 18.7 Å². The molecule has 2 rings (SSSR count). The van der Waals surface area contributed by atoms with Crippen molar-refractivity contribution in [2.45, 2.75) is 19.1 Å². The van der Waals surface area contributed by atoms with Crippen LogP contribution in [-0.2, 0) is 21.8 Å². The second kappa shape index (κ2) is 8.39. The van der Waals surface area contributed by atoms with Crippen LogP contribution < -0.4 is 4.72 Å². The van der Waals surface area contributed by atoms with Crippen LogP contribution in [0.2, 0.25) is 0 Å². The van der Waals surface area contributed by atoms with Gasteiger partial charge in [-0.05, 0) is 26.7 Å². The maximum absolute atomic E-state index is 12.2. The van der Waals surface area contributed by atoms with Gasteiger partial charge in [-0.3, -0.25) is 9.58 Å². The SMILES string of the molecule is CCN1CCO[C@@H](CNS(=O)(=O)CCN(C)C)[C@@H]1c1ccnn1C. The summed E-state index contributed by atoms with van der Waals surface area (Å²) in [7, 11) is 2.30. The van der Waals surface area contributed by atoms with Crippen LogP contribution in [0, 0.1) is 0 Å². The van der Waals surface area contributed by atoms with Crippen molar-refractivity contribution in [3.63, 3.8) is 0 Å². The van der Waals surface area contributed by atoms with Crippen LogP contribution in [0.15, 0.2) is 12.3 Å². The molecule has 0 spiro atoms. The van der Waals surface area contributed by atoms with E-state index in [9.17, 15) is 8.42 Å². The lowest BCUT2D eigenvalue weighted by molar-refractivity contribution is -0.0697. The van der Waals surface area contributed by atoms with Crippen molar-refractivity contribution in [1.29, 1.82) is 0 Å². The second-order valence-corrected chi connectivity index (χ2v) is 8.26. The van der Waals surface area contributed by atoms with Crippen molar-refractivity contribution in [2.75, 3.05) is 52.6 Å². The summed E-state index contributed by atoms with van der Waals surface area (Å²) in [5.74, 6) is 0.0839. The molecule has 9 heteroatoms. The van der Waals surface area contributed by atoms with E-state index in [0.29, 0.717) is 13.2 Å². The quantitative estimate of drug-likeness (QED) is 0.684. The highest BCUT2D eigenvalue weighted by Gasteiger charge is 2.35. The first-order valence-corrected chi connectivity index (χ1v) is 9.95. The van der Waals surface area contributed by atoms with Crippen LogP contribution in [0.3, 0.4) is 0 Å². The van der Waals surface area contributed by atoms with Crippen LogP contribution in [0.25, 0.3) is 0 Å². The summed E-state index contributed by atoms with van der Waals surface area (Å²) < 4.78 is 34.8. The van der Waals surface area contributed by atoms with Gasteiger partial charge in [-0.25, -0.2) is 13.1 Å². The predicted octanol–water partition coefficient (Wildman–Crippen LogP) is -0.337. The van der Waals surface area contributed by atoms with Crippen LogP contribution in [-0.4, -0.2) is 86.7 Å². The van der Waals surface area contributed by atoms with E-state index in [1.54, 1.807) is 6.20 Å². The molecule has 2 atom stereocenters. The van der Waals surface area contributed by atoms with Gasteiger partial charge in [0.05, 0.1) is 30.2 Å². The molecule has 0 aromatic carbocycles. The number of likely N-dealkylation sites (N-methyl/N-ethyl adjacent to an activating group) is 1. The highest BCUT2D eigenvalue weighted by atomic mass is 32.2. The van der Waals surface area contributed by atoms with Gasteiger partial charge < -0.3 is 9.64 Å². The number of hydrogen-bond donors (Lipinski definition) is 1. The number of hydrogen-bond acceptors (Lipinski definition) is 6. The van der Waals surface area contributed by atoms with Gasteiger partial charge in [0.2, 0.25) is 10.0 Å². The Hall–Kier alpha value is -1.00. The Kier molecular flexibility index (Phi) is 6.76. The average molecular weight is 359 g/mol. The number of ether oxygens (including phenoxy) is 1. The molecular formula is C15H29N5O3S. The van der Waals surface area contributed by atoms with Crippen molar-refractivity contribution < 1.29 is 13.2 Å². The summed E-state index contributed by atoms with van der Waals surface area (Å²) in [5.41, 5.74) is 1.04. The molecule has 1 aliphatic rings. The maximum atomic E-state index is 12.2. The lowest BCUT2D eigenvalue weighted by Gasteiger charge is -2.40. The molecule has 1 N–H and O–H groups in total.